The maximum absolute atomic E-state index is 11.5. The van der Waals surface area contributed by atoms with Crippen molar-refractivity contribution in [1.82, 2.24) is 0 Å². The van der Waals surface area contributed by atoms with E-state index in [2.05, 4.69) is 0 Å². The Balaban J connectivity index is 0.000000291. The Morgan fingerprint density at radius 1 is 0.621 bits per heavy atom. The van der Waals surface area contributed by atoms with Gasteiger partial charge in [-0.2, -0.15) is 0 Å². The third-order valence-electron chi connectivity index (χ3n) is 5.17. The lowest BCUT2D eigenvalue weighted by Crippen LogP contribution is -2.17. The highest BCUT2D eigenvalue weighted by molar-refractivity contribution is 7.89. The molecule has 0 heterocycles. The molecular formula is C20H30N2O5S2. The second-order valence-corrected chi connectivity index (χ2v) is 10.1. The van der Waals surface area contributed by atoms with Crippen molar-refractivity contribution < 1.29 is 21.6 Å². The maximum Gasteiger partial charge on any atom is 0.238 e. The Hall–Kier alpha value is -1.94. The molecule has 0 spiro atoms. The molecule has 0 aliphatic heterocycles. The molecule has 2 aromatic carbocycles. The number of hydrogen-bond donors (Lipinski definition) is 2. The quantitative estimate of drug-likeness (QED) is 0.755. The lowest BCUT2D eigenvalue weighted by molar-refractivity contribution is 0.413. The van der Waals surface area contributed by atoms with Crippen LogP contribution in [0, 0.1) is 48.5 Å². The lowest BCUT2D eigenvalue weighted by Gasteiger charge is -2.16. The molecule has 29 heavy (non-hydrogen) atoms. The highest BCUT2D eigenvalue weighted by atomic mass is 32.2. The van der Waals surface area contributed by atoms with E-state index in [-0.39, 0.29) is 9.79 Å². The number of ether oxygens (including phenoxy) is 1. The van der Waals surface area contributed by atoms with Gasteiger partial charge in [0.2, 0.25) is 20.0 Å². The number of primary sulfonamides is 2. The molecule has 2 rings (SSSR count). The van der Waals surface area contributed by atoms with E-state index in [1.54, 1.807) is 39.8 Å². The second-order valence-electron chi connectivity index (χ2n) is 7.13. The van der Waals surface area contributed by atoms with E-state index < -0.39 is 20.0 Å². The molecule has 0 unspecified atom stereocenters. The monoisotopic (exact) mass is 442 g/mol. The summed E-state index contributed by atoms with van der Waals surface area (Å²) >= 11 is 0. The molecule has 0 aliphatic carbocycles. The average Bonchev–Trinajstić information content (AvgIpc) is 2.55. The van der Waals surface area contributed by atoms with E-state index in [1.807, 2.05) is 20.8 Å². The van der Waals surface area contributed by atoms with Crippen LogP contribution in [-0.4, -0.2) is 23.9 Å². The normalized spacial score (nSPS) is 11.7. The Labute approximate surface area is 174 Å². The summed E-state index contributed by atoms with van der Waals surface area (Å²) in [5.41, 5.74) is 5.87. The third kappa shape index (κ3) is 5.57. The molecule has 0 atom stereocenters. The van der Waals surface area contributed by atoms with Gasteiger partial charge in [0.15, 0.2) is 0 Å². The number of methoxy groups -OCH3 is 1. The van der Waals surface area contributed by atoms with Crippen molar-refractivity contribution in [3.63, 3.8) is 0 Å². The van der Waals surface area contributed by atoms with Crippen molar-refractivity contribution in [1.29, 1.82) is 0 Å². The van der Waals surface area contributed by atoms with E-state index in [0.29, 0.717) is 16.9 Å². The van der Waals surface area contributed by atoms with Crippen LogP contribution in [0.25, 0.3) is 0 Å². The van der Waals surface area contributed by atoms with Crippen LogP contribution in [-0.2, 0) is 20.0 Å². The first-order chi connectivity index (χ1) is 13.0. The van der Waals surface area contributed by atoms with Gasteiger partial charge < -0.3 is 4.74 Å². The Bertz CT molecular complexity index is 1100. The van der Waals surface area contributed by atoms with Gasteiger partial charge in [-0.25, -0.2) is 27.1 Å². The van der Waals surface area contributed by atoms with Crippen molar-refractivity contribution in [2.75, 3.05) is 7.11 Å². The Kier molecular flexibility index (Phi) is 7.64. The smallest absolute Gasteiger partial charge is 0.238 e. The van der Waals surface area contributed by atoms with E-state index in [0.717, 1.165) is 27.8 Å². The molecule has 4 N–H and O–H groups in total. The van der Waals surface area contributed by atoms with E-state index in [9.17, 15) is 16.8 Å². The largest absolute Gasteiger partial charge is 0.497 e. The van der Waals surface area contributed by atoms with E-state index in [1.165, 1.54) is 7.11 Å². The molecule has 0 radical (unpaired) electrons. The first-order valence-electron chi connectivity index (χ1n) is 8.81. The van der Waals surface area contributed by atoms with Gasteiger partial charge in [-0.15, -0.1) is 0 Å². The van der Waals surface area contributed by atoms with Gasteiger partial charge >= 0.3 is 0 Å². The first-order valence-corrected chi connectivity index (χ1v) is 11.9. The zero-order valence-corrected chi connectivity index (χ0v) is 19.8. The van der Waals surface area contributed by atoms with Crippen LogP contribution in [0.5, 0.6) is 5.75 Å². The summed E-state index contributed by atoms with van der Waals surface area (Å²) in [6.07, 6.45) is 0. The molecule has 0 saturated carbocycles. The zero-order chi connectivity index (χ0) is 22.9. The van der Waals surface area contributed by atoms with Crippen LogP contribution in [0.15, 0.2) is 21.9 Å². The second kappa shape index (κ2) is 8.83. The maximum atomic E-state index is 11.5. The number of rotatable bonds is 3. The summed E-state index contributed by atoms with van der Waals surface area (Å²) in [5.74, 6) is 0.632. The summed E-state index contributed by atoms with van der Waals surface area (Å²) < 4.78 is 50.4. The van der Waals surface area contributed by atoms with Crippen molar-refractivity contribution in [3.8, 4) is 5.75 Å². The van der Waals surface area contributed by atoms with Gasteiger partial charge in [-0.1, -0.05) is 0 Å². The van der Waals surface area contributed by atoms with Gasteiger partial charge in [0.1, 0.15) is 5.75 Å². The molecule has 9 heteroatoms. The van der Waals surface area contributed by atoms with Crippen LogP contribution >= 0.6 is 0 Å². The van der Waals surface area contributed by atoms with E-state index >= 15 is 0 Å². The highest BCUT2D eigenvalue weighted by Gasteiger charge is 2.20. The average molecular weight is 443 g/mol. The SMILES string of the molecule is COc1cc(C)c(S(N)(=O)=O)c(C)c1.Cc1c(C)c(C)c(S(N)(=O)=O)c(C)c1C. The predicted molar refractivity (Wildman–Crippen MR) is 115 cm³/mol. The third-order valence-corrected chi connectivity index (χ3v) is 7.56. The van der Waals surface area contributed by atoms with Crippen molar-refractivity contribution in [3.05, 3.63) is 51.1 Å². The first kappa shape index (κ1) is 25.1. The predicted octanol–water partition coefficient (Wildman–Crippen LogP) is 2.84. The minimum absolute atomic E-state index is 0.179. The molecule has 0 bridgehead atoms. The number of hydrogen-bond acceptors (Lipinski definition) is 5. The van der Waals surface area contributed by atoms with E-state index in [4.69, 9.17) is 15.0 Å². The van der Waals surface area contributed by atoms with Gasteiger partial charge in [0.05, 0.1) is 16.9 Å². The molecule has 0 saturated heterocycles. The van der Waals surface area contributed by atoms with Crippen LogP contribution in [0.3, 0.4) is 0 Å². The van der Waals surface area contributed by atoms with Gasteiger partial charge in [0.25, 0.3) is 0 Å². The fraction of sp³-hybridized carbons (Fsp3) is 0.400. The van der Waals surface area contributed by atoms with Gasteiger partial charge in [-0.3, -0.25) is 0 Å². The molecule has 0 fully saturated rings. The minimum Gasteiger partial charge on any atom is -0.497 e. The summed E-state index contributed by atoms with van der Waals surface area (Å²) in [7, 11) is -5.74. The summed E-state index contributed by atoms with van der Waals surface area (Å²) in [5, 5.41) is 10.3. The number of sulfonamides is 2. The topological polar surface area (TPSA) is 130 Å². The number of benzene rings is 2. The van der Waals surface area contributed by atoms with Crippen molar-refractivity contribution >= 4 is 20.0 Å². The van der Waals surface area contributed by atoms with Crippen molar-refractivity contribution in [2.45, 2.75) is 58.3 Å². The Morgan fingerprint density at radius 3 is 1.21 bits per heavy atom. The zero-order valence-electron chi connectivity index (χ0n) is 18.2. The lowest BCUT2D eigenvalue weighted by atomic mass is 9.95. The molecular weight excluding hydrogens is 412 g/mol. The van der Waals surface area contributed by atoms with Crippen LogP contribution in [0.1, 0.15) is 38.9 Å². The molecule has 0 amide bonds. The number of aryl methyl sites for hydroxylation is 2. The van der Waals surface area contributed by atoms with Crippen LogP contribution < -0.4 is 15.0 Å². The summed E-state index contributed by atoms with van der Waals surface area (Å²) in [4.78, 5) is 0.460. The summed E-state index contributed by atoms with van der Waals surface area (Å²) in [6.45, 7) is 12.8. The number of nitrogens with two attached hydrogens (primary N) is 2. The minimum atomic E-state index is -3.64. The van der Waals surface area contributed by atoms with Crippen LogP contribution in [0.2, 0.25) is 0 Å². The van der Waals surface area contributed by atoms with Gasteiger partial charge in [0, 0.05) is 0 Å². The molecule has 0 aliphatic rings. The highest BCUT2D eigenvalue weighted by Crippen LogP contribution is 2.28. The molecule has 2 aromatic rings. The fourth-order valence-corrected chi connectivity index (χ4v) is 5.54. The summed E-state index contributed by atoms with van der Waals surface area (Å²) in [6, 6.07) is 3.29. The standard InChI is InChI=1S/C11H17NO2S.C9H13NO3S/c1-6-7(2)9(4)11(15(12,13)14)10(5)8(6)3;1-6-4-8(13-3)5-7(2)9(6)14(10,11)12/h1-5H3,(H2,12,13,14);4-5H,1-3H3,(H2,10,11,12). The molecule has 162 valence electrons. The molecule has 7 nitrogen and oxygen atoms in total. The molecule has 0 aromatic heterocycles. The van der Waals surface area contributed by atoms with Crippen LogP contribution in [0.4, 0.5) is 0 Å². The van der Waals surface area contributed by atoms with Gasteiger partial charge in [-0.05, 0) is 99.5 Å². The fourth-order valence-electron chi connectivity index (χ4n) is 3.37. The van der Waals surface area contributed by atoms with Crippen molar-refractivity contribution in [2.24, 2.45) is 10.3 Å². The Morgan fingerprint density at radius 2 is 0.931 bits per heavy atom.